The maximum Gasteiger partial charge on any atom is 0.232 e. The maximum absolute atomic E-state index is 12.8. The number of carbonyl (C=O) groups excluding carboxylic acids is 2. The molecule has 4 rings (SSSR count). The monoisotopic (exact) mass is 398 g/mol. The van der Waals surface area contributed by atoms with E-state index >= 15 is 0 Å². The van der Waals surface area contributed by atoms with Crippen molar-refractivity contribution in [1.29, 1.82) is 0 Å². The Morgan fingerprint density at radius 2 is 1.77 bits per heavy atom. The van der Waals surface area contributed by atoms with Gasteiger partial charge in [0.2, 0.25) is 5.78 Å². The lowest BCUT2D eigenvalue weighted by molar-refractivity contribution is 0.0920. The highest BCUT2D eigenvalue weighted by Gasteiger charge is 2.30. The van der Waals surface area contributed by atoms with Gasteiger partial charge >= 0.3 is 0 Å². The summed E-state index contributed by atoms with van der Waals surface area (Å²) < 4.78 is 11.5. The zero-order chi connectivity index (χ0) is 21.1. The standard InChI is InChI=1S/C26H22O4/c1-3-18-9-11-19(12-10-18)14-24-26(28)25-17(2)13-21(15-23(25)30-24)29-16-22(27)20-7-5-4-6-8-20/h4-15H,3,16H2,1-2H3/b24-14-. The predicted molar refractivity (Wildman–Crippen MR) is 116 cm³/mol. The molecule has 0 aromatic heterocycles. The summed E-state index contributed by atoms with van der Waals surface area (Å²) in [7, 11) is 0. The molecular weight excluding hydrogens is 376 g/mol. The van der Waals surface area contributed by atoms with Crippen molar-refractivity contribution in [3.05, 3.63) is 100 Å². The van der Waals surface area contributed by atoms with Crippen LogP contribution in [0.1, 0.15) is 44.3 Å². The Balaban J connectivity index is 1.52. The largest absolute Gasteiger partial charge is 0.485 e. The first-order valence-electron chi connectivity index (χ1n) is 9.94. The number of benzene rings is 3. The van der Waals surface area contributed by atoms with Crippen molar-refractivity contribution in [3.8, 4) is 11.5 Å². The second kappa shape index (κ2) is 8.37. The van der Waals surface area contributed by atoms with Gasteiger partial charge in [-0.1, -0.05) is 61.5 Å². The number of rotatable bonds is 6. The molecular formula is C26H22O4. The van der Waals surface area contributed by atoms with Crippen molar-refractivity contribution in [2.24, 2.45) is 0 Å². The van der Waals surface area contributed by atoms with Gasteiger partial charge in [0.05, 0.1) is 5.56 Å². The fourth-order valence-electron chi connectivity index (χ4n) is 3.42. The van der Waals surface area contributed by atoms with Gasteiger partial charge < -0.3 is 9.47 Å². The Bertz CT molecular complexity index is 1130. The van der Waals surface area contributed by atoms with Crippen molar-refractivity contribution in [3.63, 3.8) is 0 Å². The van der Waals surface area contributed by atoms with Crippen LogP contribution in [0.15, 0.2) is 72.5 Å². The second-order valence-electron chi connectivity index (χ2n) is 7.23. The Hall–Kier alpha value is -3.66. The molecule has 4 heteroatoms. The van der Waals surface area contributed by atoms with E-state index in [-0.39, 0.29) is 23.9 Å². The van der Waals surface area contributed by atoms with E-state index in [1.54, 1.807) is 30.3 Å². The van der Waals surface area contributed by atoms with Crippen LogP contribution in [0.3, 0.4) is 0 Å². The molecule has 3 aromatic carbocycles. The van der Waals surface area contributed by atoms with Gasteiger partial charge in [0.1, 0.15) is 11.5 Å². The summed E-state index contributed by atoms with van der Waals surface area (Å²) in [5.74, 6) is 0.987. The van der Waals surface area contributed by atoms with Crippen LogP contribution >= 0.6 is 0 Å². The highest BCUT2D eigenvalue weighted by atomic mass is 16.5. The maximum atomic E-state index is 12.8. The average Bonchev–Trinajstić information content (AvgIpc) is 3.08. The molecule has 0 atom stereocenters. The molecule has 0 unspecified atom stereocenters. The third-order valence-corrected chi connectivity index (χ3v) is 5.10. The topological polar surface area (TPSA) is 52.6 Å². The van der Waals surface area contributed by atoms with Crippen LogP contribution in [-0.4, -0.2) is 18.2 Å². The van der Waals surface area contributed by atoms with Crippen LogP contribution in [-0.2, 0) is 6.42 Å². The van der Waals surface area contributed by atoms with Crippen LogP contribution in [0.4, 0.5) is 0 Å². The number of aryl methyl sites for hydroxylation is 2. The van der Waals surface area contributed by atoms with E-state index in [1.807, 2.05) is 49.4 Å². The van der Waals surface area contributed by atoms with Gasteiger partial charge in [0, 0.05) is 11.6 Å². The third kappa shape index (κ3) is 4.03. The molecule has 30 heavy (non-hydrogen) atoms. The minimum Gasteiger partial charge on any atom is -0.485 e. The zero-order valence-corrected chi connectivity index (χ0v) is 17.0. The Morgan fingerprint density at radius 3 is 2.47 bits per heavy atom. The van der Waals surface area contributed by atoms with Gasteiger partial charge in [-0.3, -0.25) is 9.59 Å². The molecule has 0 bridgehead atoms. The van der Waals surface area contributed by atoms with E-state index in [4.69, 9.17) is 9.47 Å². The quantitative estimate of drug-likeness (QED) is 0.410. The lowest BCUT2D eigenvalue weighted by Crippen LogP contribution is -2.11. The predicted octanol–water partition coefficient (Wildman–Crippen LogP) is 5.44. The first-order chi connectivity index (χ1) is 14.5. The Labute approximate surface area is 175 Å². The molecule has 0 spiro atoms. The van der Waals surface area contributed by atoms with Gasteiger partial charge in [-0.05, 0) is 42.2 Å². The summed E-state index contributed by atoms with van der Waals surface area (Å²) in [6.45, 7) is 3.86. The first kappa shape index (κ1) is 19.6. The average molecular weight is 398 g/mol. The minimum absolute atomic E-state index is 0.0807. The van der Waals surface area contributed by atoms with E-state index in [0.29, 0.717) is 22.6 Å². The molecule has 0 saturated carbocycles. The highest BCUT2D eigenvalue weighted by Crippen LogP contribution is 2.37. The number of allylic oxidation sites excluding steroid dienone is 1. The molecule has 1 aliphatic heterocycles. The zero-order valence-electron chi connectivity index (χ0n) is 17.0. The lowest BCUT2D eigenvalue weighted by atomic mass is 10.0. The van der Waals surface area contributed by atoms with Gasteiger partial charge in [0.15, 0.2) is 18.1 Å². The second-order valence-corrected chi connectivity index (χ2v) is 7.23. The van der Waals surface area contributed by atoms with Crippen LogP contribution in [0.2, 0.25) is 0 Å². The van der Waals surface area contributed by atoms with Crippen molar-refractivity contribution in [1.82, 2.24) is 0 Å². The molecule has 0 N–H and O–H groups in total. The molecule has 4 nitrogen and oxygen atoms in total. The first-order valence-corrected chi connectivity index (χ1v) is 9.94. The summed E-state index contributed by atoms with van der Waals surface area (Å²) >= 11 is 0. The van der Waals surface area contributed by atoms with E-state index in [2.05, 4.69) is 6.92 Å². The van der Waals surface area contributed by atoms with Crippen molar-refractivity contribution >= 4 is 17.6 Å². The molecule has 0 radical (unpaired) electrons. The smallest absolute Gasteiger partial charge is 0.232 e. The normalized spacial score (nSPS) is 13.8. The van der Waals surface area contributed by atoms with E-state index in [0.717, 1.165) is 17.5 Å². The summed E-state index contributed by atoms with van der Waals surface area (Å²) in [5, 5.41) is 0. The van der Waals surface area contributed by atoms with Crippen molar-refractivity contribution < 1.29 is 19.1 Å². The summed E-state index contributed by atoms with van der Waals surface area (Å²) in [5.41, 5.74) is 4.03. The number of carbonyl (C=O) groups is 2. The van der Waals surface area contributed by atoms with Crippen LogP contribution in [0.5, 0.6) is 11.5 Å². The minimum atomic E-state index is -0.144. The summed E-state index contributed by atoms with van der Waals surface area (Å²) in [6, 6.07) is 20.5. The van der Waals surface area contributed by atoms with E-state index in [1.165, 1.54) is 5.56 Å². The van der Waals surface area contributed by atoms with Crippen LogP contribution in [0, 0.1) is 6.92 Å². The van der Waals surface area contributed by atoms with Gasteiger partial charge in [-0.25, -0.2) is 0 Å². The molecule has 0 saturated heterocycles. The van der Waals surface area contributed by atoms with Crippen LogP contribution in [0.25, 0.3) is 6.08 Å². The van der Waals surface area contributed by atoms with E-state index < -0.39 is 0 Å². The Morgan fingerprint density at radius 1 is 1.03 bits per heavy atom. The van der Waals surface area contributed by atoms with Crippen molar-refractivity contribution in [2.75, 3.05) is 6.61 Å². The number of fused-ring (bicyclic) bond motifs is 1. The molecule has 1 aliphatic rings. The number of hydrogen-bond donors (Lipinski definition) is 0. The molecule has 0 aliphatic carbocycles. The number of ether oxygens (including phenoxy) is 2. The number of ketones is 2. The lowest BCUT2D eigenvalue weighted by Gasteiger charge is -2.08. The molecule has 3 aromatic rings. The summed E-state index contributed by atoms with van der Waals surface area (Å²) in [4.78, 5) is 25.1. The number of Topliss-reactive ketones (excluding diaryl/α,β-unsaturated/α-hetero) is 2. The summed E-state index contributed by atoms with van der Waals surface area (Å²) in [6.07, 6.45) is 2.72. The van der Waals surface area contributed by atoms with E-state index in [9.17, 15) is 9.59 Å². The van der Waals surface area contributed by atoms with Crippen molar-refractivity contribution in [2.45, 2.75) is 20.3 Å². The molecule has 0 amide bonds. The van der Waals surface area contributed by atoms with Gasteiger partial charge in [-0.15, -0.1) is 0 Å². The fraction of sp³-hybridized carbons (Fsp3) is 0.154. The number of hydrogen-bond acceptors (Lipinski definition) is 4. The Kier molecular flexibility index (Phi) is 5.48. The molecule has 0 fully saturated rings. The van der Waals surface area contributed by atoms with Crippen LogP contribution < -0.4 is 9.47 Å². The highest BCUT2D eigenvalue weighted by molar-refractivity contribution is 6.15. The van der Waals surface area contributed by atoms with Gasteiger partial charge in [0.25, 0.3) is 0 Å². The molecule has 150 valence electrons. The third-order valence-electron chi connectivity index (χ3n) is 5.10. The fourth-order valence-corrected chi connectivity index (χ4v) is 3.42. The SMILES string of the molecule is CCc1ccc(/C=C2\Oc3cc(OCC(=O)c4ccccc4)cc(C)c3C2=O)cc1. The van der Waals surface area contributed by atoms with Gasteiger partial charge in [-0.2, -0.15) is 0 Å². The molecule has 1 heterocycles.